The van der Waals surface area contributed by atoms with Crippen molar-refractivity contribution in [1.29, 1.82) is 0 Å². The molecule has 88 valence electrons. The van der Waals surface area contributed by atoms with Gasteiger partial charge in [0.25, 0.3) is 0 Å². The average Bonchev–Trinajstić information content (AvgIpc) is 2.33. The summed E-state index contributed by atoms with van der Waals surface area (Å²) in [6.45, 7) is 5.61. The van der Waals surface area contributed by atoms with Gasteiger partial charge in [-0.05, 0) is 49.3 Å². The van der Waals surface area contributed by atoms with Gasteiger partial charge in [0.15, 0.2) is 0 Å². The predicted molar refractivity (Wildman–Crippen MR) is 66.5 cm³/mol. The van der Waals surface area contributed by atoms with Crippen molar-refractivity contribution in [1.82, 2.24) is 5.32 Å². The predicted octanol–water partition coefficient (Wildman–Crippen LogP) is 2.34. The highest BCUT2D eigenvalue weighted by Gasteiger charge is 2.22. The van der Waals surface area contributed by atoms with E-state index in [1.165, 1.54) is 16.7 Å². The summed E-state index contributed by atoms with van der Waals surface area (Å²) in [5.74, 6) is 0.446. The Bertz CT molecular complexity index is 354. The standard InChI is InChI=1S/C14H21NO/c1-10-4-3-5-13(11(10)2)14-7-6-12(9-16)8-15-14/h3-5,12,14-16H,6-9H2,1-2H3. The molecule has 0 bridgehead atoms. The van der Waals surface area contributed by atoms with Crippen LogP contribution < -0.4 is 5.32 Å². The molecule has 16 heavy (non-hydrogen) atoms. The molecule has 0 aromatic heterocycles. The number of aryl methyl sites for hydroxylation is 1. The summed E-state index contributed by atoms with van der Waals surface area (Å²) in [4.78, 5) is 0. The first-order valence-electron chi connectivity index (χ1n) is 6.12. The van der Waals surface area contributed by atoms with Crippen LogP contribution in [-0.4, -0.2) is 18.3 Å². The minimum atomic E-state index is 0.312. The van der Waals surface area contributed by atoms with Crippen molar-refractivity contribution in [3.63, 3.8) is 0 Å². The van der Waals surface area contributed by atoms with Crippen molar-refractivity contribution in [2.24, 2.45) is 5.92 Å². The van der Waals surface area contributed by atoms with Gasteiger partial charge >= 0.3 is 0 Å². The van der Waals surface area contributed by atoms with Gasteiger partial charge < -0.3 is 10.4 Å². The largest absolute Gasteiger partial charge is 0.396 e. The van der Waals surface area contributed by atoms with Gasteiger partial charge in [-0.2, -0.15) is 0 Å². The van der Waals surface area contributed by atoms with Gasteiger partial charge in [-0.1, -0.05) is 18.2 Å². The maximum absolute atomic E-state index is 9.11. The summed E-state index contributed by atoms with van der Waals surface area (Å²) in [5, 5.41) is 12.7. The molecule has 0 aliphatic carbocycles. The molecular weight excluding hydrogens is 198 g/mol. The fourth-order valence-corrected chi connectivity index (χ4v) is 2.49. The Morgan fingerprint density at radius 1 is 1.31 bits per heavy atom. The Labute approximate surface area is 97.7 Å². The zero-order valence-corrected chi connectivity index (χ0v) is 10.2. The normalized spacial score (nSPS) is 25.7. The van der Waals surface area contributed by atoms with Crippen LogP contribution in [0.1, 0.15) is 35.6 Å². The van der Waals surface area contributed by atoms with E-state index in [-0.39, 0.29) is 0 Å². The highest BCUT2D eigenvalue weighted by Crippen LogP contribution is 2.28. The number of aliphatic hydroxyl groups is 1. The van der Waals surface area contributed by atoms with Crippen LogP contribution in [0.15, 0.2) is 18.2 Å². The van der Waals surface area contributed by atoms with Crippen molar-refractivity contribution >= 4 is 0 Å². The maximum atomic E-state index is 9.11. The van der Waals surface area contributed by atoms with Gasteiger partial charge in [0.05, 0.1) is 0 Å². The number of piperidine rings is 1. The van der Waals surface area contributed by atoms with E-state index in [0.29, 0.717) is 18.6 Å². The summed E-state index contributed by atoms with van der Waals surface area (Å²) in [7, 11) is 0. The Morgan fingerprint density at radius 2 is 2.12 bits per heavy atom. The summed E-state index contributed by atoms with van der Waals surface area (Å²) < 4.78 is 0. The summed E-state index contributed by atoms with van der Waals surface area (Å²) in [5.41, 5.74) is 4.20. The first-order chi connectivity index (χ1) is 7.72. The van der Waals surface area contributed by atoms with Gasteiger partial charge in [0.2, 0.25) is 0 Å². The maximum Gasteiger partial charge on any atom is 0.0471 e. The molecule has 0 amide bonds. The molecule has 1 aromatic rings. The molecule has 1 aliphatic heterocycles. The molecule has 2 heteroatoms. The first-order valence-corrected chi connectivity index (χ1v) is 6.12. The molecule has 2 nitrogen and oxygen atoms in total. The fourth-order valence-electron chi connectivity index (χ4n) is 2.49. The van der Waals surface area contributed by atoms with Crippen molar-refractivity contribution in [2.45, 2.75) is 32.7 Å². The van der Waals surface area contributed by atoms with Crippen LogP contribution in [0.4, 0.5) is 0 Å². The third-order valence-electron chi connectivity index (χ3n) is 3.80. The Morgan fingerprint density at radius 3 is 2.75 bits per heavy atom. The van der Waals surface area contributed by atoms with Crippen LogP contribution in [0.5, 0.6) is 0 Å². The quantitative estimate of drug-likeness (QED) is 0.800. The van der Waals surface area contributed by atoms with Crippen LogP contribution in [0.25, 0.3) is 0 Å². The van der Waals surface area contributed by atoms with E-state index in [0.717, 1.165) is 19.4 Å². The molecule has 2 N–H and O–H groups in total. The molecule has 2 rings (SSSR count). The molecule has 2 unspecified atom stereocenters. The molecule has 1 fully saturated rings. The third kappa shape index (κ3) is 2.28. The molecule has 1 aromatic carbocycles. The smallest absolute Gasteiger partial charge is 0.0471 e. The molecule has 1 saturated heterocycles. The lowest BCUT2D eigenvalue weighted by Gasteiger charge is -2.30. The van der Waals surface area contributed by atoms with E-state index in [1.54, 1.807) is 0 Å². The minimum absolute atomic E-state index is 0.312. The van der Waals surface area contributed by atoms with Gasteiger partial charge in [-0.15, -0.1) is 0 Å². The van der Waals surface area contributed by atoms with E-state index in [4.69, 9.17) is 5.11 Å². The lowest BCUT2D eigenvalue weighted by Crippen LogP contribution is -2.35. The molecule has 0 saturated carbocycles. The second-order valence-corrected chi connectivity index (χ2v) is 4.88. The third-order valence-corrected chi connectivity index (χ3v) is 3.80. The van der Waals surface area contributed by atoms with E-state index in [9.17, 15) is 0 Å². The minimum Gasteiger partial charge on any atom is -0.396 e. The highest BCUT2D eigenvalue weighted by molar-refractivity contribution is 5.35. The topological polar surface area (TPSA) is 32.3 Å². The van der Waals surface area contributed by atoms with Gasteiger partial charge in [0.1, 0.15) is 0 Å². The Kier molecular flexibility index (Phi) is 3.62. The van der Waals surface area contributed by atoms with Crippen LogP contribution in [0.3, 0.4) is 0 Å². The van der Waals surface area contributed by atoms with Crippen LogP contribution in [-0.2, 0) is 0 Å². The monoisotopic (exact) mass is 219 g/mol. The fraction of sp³-hybridized carbons (Fsp3) is 0.571. The van der Waals surface area contributed by atoms with Gasteiger partial charge in [-0.25, -0.2) is 0 Å². The average molecular weight is 219 g/mol. The molecule has 2 atom stereocenters. The summed E-state index contributed by atoms with van der Waals surface area (Å²) >= 11 is 0. The lowest BCUT2D eigenvalue weighted by atomic mass is 9.88. The van der Waals surface area contributed by atoms with Crippen molar-refractivity contribution in [3.05, 3.63) is 34.9 Å². The van der Waals surface area contributed by atoms with Gasteiger partial charge in [-0.3, -0.25) is 0 Å². The molecule has 0 radical (unpaired) electrons. The van der Waals surface area contributed by atoms with Crippen LogP contribution >= 0.6 is 0 Å². The Balaban J connectivity index is 2.11. The number of nitrogens with one attached hydrogen (secondary N) is 1. The summed E-state index contributed by atoms with van der Waals surface area (Å²) in [6, 6.07) is 7.00. The van der Waals surface area contributed by atoms with E-state index in [2.05, 4.69) is 37.4 Å². The van der Waals surface area contributed by atoms with E-state index < -0.39 is 0 Å². The van der Waals surface area contributed by atoms with E-state index >= 15 is 0 Å². The number of rotatable bonds is 2. The van der Waals surface area contributed by atoms with Crippen molar-refractivity contribution < 1.29 is 5.11 Å². The molecule has 1 aliphatic rings. The second kappa shape index (κ2) is 4.98. The zero-order valence-electron chi connectivity index (χ0n) is 10.2. The lowest BCUT2D eigenvalue weighted by molar-refractivity contribution is 0.183. The SMILES string of the molecule is Cc1cccc(C2CCC(CO)CN2)c1C. The van der Waals surface area contributed by atoms with Gasteiger partial charge in [0, 0.05) is 19.2 Å². The molecule has 1 heterocycles. The Hall–Kier alpha value is -0.860. The number of benzene rings is 1. The van der Waals surface area contributed by atoms with Crippen molar-refractivity contribution in [3.8, 4) is 0 Å². The number of aliphatic hydroxyl groups excluding tert-OH is 1. The number of hydrogen-bond acceptors (Lipinski definition) is 2. The molecular formula is C14H21NO. The first kappa shape index (κ1) is 11.6. The van der Waals surface area contributed by atoms with E-state index in [1.807, 2.05) is 0 Å². The number of hydrogen-bond donors (Lipinski definition) is 2. The van der Waals surface area contributed by atoms with Crippen molar-refractivity contribution in [2.75, 3.05) is 13.2 Å². The zero-order chi connectivity index (χ0) is 11.5. The highest BCUT2D eigenvalue weighted by atomic mass is 16.3. The second-order valence-electron chi connectivity index (χ2n) is 4.88. The molecule has 0 spiro atoms. The van der Waals surface area contributed by atoms with Crippen LogP contribution in [0.2, 0.25) is 0 Å². The summed E-state index contributed by atoms with van der Waals surface area (Å²) in [6.07, 6.45) is 2.26. The van der Waals surface area contributed by atoms with Crippen LogP contribution in [0, 0.1) is 19.8 Å².